The largest absolute Gasteiger partial charge is 0.329 e. The average molecular weight is 278 g/mol. The first-order valence-electron chi connectivity index (χ1n) is 5.27. The number of nitrogens with one attached hydrogen (secondary N) is 1. The van der Waals surface area contributed by atoms with Crippen LogP contribution in [0.4, 0.5) is 5.69 Å². The zero-order valence-corrected chi connectivity index (χ0v) is 10.4. The van der Waals surface area contributed by atoms with Gasteiger partial charge in [0.05, 0.1) is 11.3 Å². The topological polar surface area (TPSA) is 50.9 Å². The lowest BCUT2D eigenvalue weighted by molar-refractivity contribution is 0.707. The van der Waals surface area contributed by atoms with E-state index in [0.29, 0.717) is 11.4 Å². The number of hydrogen-bond donors (Lipinski definition) is 1. The van der Waals surface area contributed by atoms with Crippen molar-refractivity contribution in [1.29, 1.82) is 10.7 Å². The van der Waals surface area contributed by atoms with E-state index < -0.39 is 0 Å². The molecule has 1 aromatic carbocycles. The third kappa shape index (κ3) is 2.10. The minimum atomic E-state index is 0.612. The molecule has 0 radical (unpaired) electrons. The molecular weight excluding hydrogens is 266 g/mol. The number of nitrogens with zero attached hydrogens (tertiary/aromatic N) is 2. The number of hydrogen-bond acceptors (Lipinski definition) is 2. The van der Waals surface area contributed by atoms with Crippen LogP contribution < -0.4 is 4.90 Å². The van der Waals surface area contributed by atoms with Crippen LogP contribution in [0.3, 0.4) is 0 Å². The van der Waals surface area contributed by atoms with Crippen LogP contribution in [0.15, 0.2) is 22.7 Å². The number of benzene rings is 1. The van der Waals surface area contributed by atoms with Gasteiger partial charge in [0.25, 0.3) is 0 Å². The lowest BCUT2D eigenvalue weighted by atomic mass is 10.1. The molecule has 2 rings (SSSR count). The van der Waals surface area contributed by atoms with Gasteiger partial charge in [0.1, 0.15) is 11.9 Å². The summed E-state index contributed by atoms with van der Waals surface area (Å²) >= 11 is 3.41. The Hall–Kier alpha value is -1.34. The van der Waals surface area contributed by atoms with E-state index in [1.807, 2.05) is 17.0 Å². The maximum atomic E-state index is 9.06. The van der Waals surface area contributed by atoms with Gasteiger partial charge in [0, 0.05) is 17.4 Å². The molecule has 82 valence electrons. The Morgan fingerprint density at radius 1 is 1.38 bits per heavy atom. The summed E-state index contributed by atoms with van der Waals surface area (Å²) in [6.45, 7) is 0.837. The molecule has 1 saturated heterocycles. The minimum absolute atomic E-state index is 0.612. The van der Waals surface area contributed by atoms with E-state index in [1.54, 1.807) is 6.07 Å². The molecule has 1 aromatic rings. The summed E-state index contributed by atoms with van der Waals surface area (Å²) in [6, 6.07) is 7.75. The highest BCUT2D eigenvalue weighted by Crippen LogP contribution is 2.27. The molecule has 0 aliphatic carbocycles. The van der Waals surface area contributed by atoms with Gasteiger partial charge in [-0.2, -0.15) is 5.26 Å². The molecule has 4 heteroatoms. The smallest absolute Gasteiger partial charge is 0.101 e. The summed E-state index contributed by atoms with van der Waals surface area (Å²) in [7, 11) is 0. The van der Waals surface area contributed by atoms with Crippen LogP contribution in [0.1, 0.15) is 24.8 Å². The first kappa shape index (κ1) is 11.2. The minimum Gasteiger partial charge on any atom is -0.329 e. The van der Waals surface area contributed by atoms with Gasteiger partial charge in [-0.25, -0.2) is 0 Å². The van der Waals surface area contributed by atoms with Gasteiger partial charge >= 0.3 is 0 Å². The summed E-state index contributed by atoms with van der Waals surface area (Å²) in [5.74, 6) is 0.612. The van der Waals surface area contributed by atoms with Crippen molar-refractivity contribution in [3.63, 3.8) is 0 Å². The predicted molar refractivity (Wildman–Crippen MR) is 67.8 cm³/mol. The molecule has 0 atom stereocenters. The fourth-order valence-electron chi connectivity index (χ4n) is 1.92. The molecule has 16 heavy (non-hydrogen) atoms. The molecule has 0 saturated carbocycles. The van der Waals surface area contributed by atoms with Gasteiger partial charge < -0.3 is 4.90 Å². The van der Waals surface area contributed by atoms with Crippen molar-refractivity contribution in [2.45, 2.75) is 19.3 Å². The van der Waals surface area contributed by atoms with Gasteiger partial charge in [0.2, 0.25) is 0 Å². The van der Waals surface area contributed by atoms with E-state index in [0.717, 1.165) is 36.0 Å². The lowest BCUT2D eigenvalue weighted by Crippen LogP contribution is -2.35. The van der Waals surface area contributed by atoms with Crippen molar-refractivity contribution in [1.82, 2.24) is 0 Å². The first-order chi connectivity index (χ1) is 7.72. The third-order valence-electron chi connectivity index (χ3n) is 2.74. The van der Waals surface area contributed by atoms with E-state index >= 15 is 0 Å². The molecule has 1 aliphatic heterocycles. The zero-order chi connectivity index (χ0) is 11.5. The zero-order valence-electron chi connectivity index (χ0n) is 8.83. The van der Waals surface area contributed by atoms with Gasteiger partial charge in [-0.15, -0.1) is 0 Å². The maximum Gasteiger partial charge on any atom is 0.101 e. The summed E-state index contributed by atoms with van der Waals surface area (Å²) in [5.41, 5.74) is 1.48. The number of amidine groups is 1. The van der Waals surface area contributed by atoms with Gasteiger partial charge in [-0.3, -0.25) is 5.41 Å². The molecule has 0 spiro atoms. The Labute approximate surface area is 103 Å². The monoisotopic (exact) mass is 277 g/mol. The summed E-state index contributed by atoms with van der Waals surface area (Å²) in [6.07, 6.45) is 2.96. The van der Waals surface area contributed by atoms with Crippen LogP contribution in [-0.4, -0.2) is 12.4 Å². The van der Waals surface area contributed by atoms with Crippen molar-refractivity contribution >= 4 is 27.5 Å². The van der Waals surface area contributed by atoms with Gasteiger partial charge in [0.15, 0.2) is 0 Å². The quantitative estimate of drug-likeness (QED) is 0.857. The van der Waals surface area contributed by atoms with Crippen LogP contribution in [0.25, 0.3) is 0 Å². The van der Waals surface area contributed by atoms with E-state index in [1.165, 1.54) is 0 Å². The molecule has 1 N–H and O–H groups in total. The Kier molecular flexibility index (Phi) is 3.25. The number of anilines is 1. The van der Waals surface area contributed by atoms with Crippen molar-refractivity contribution in [3.05, 3.63) is 28.2 Å². The standard InChI is InChI=1S/C12H12BrN3/c13-10-5-4-9(8-14)11(7-10)16-6-2-1-3-12(16)15/h4-5,7,15H,1-3,6H2. The third-order valence-corrected chi connectivity index (χ3v) is 3.24. The number of piperidine rings is 1. The molecule has 1 heterocycles. The highest BCUT2D eigenvalue weighted by Gasteiger charge is 2.19. The fourth-order valence-corrected chi connectivity index (χ4v) is 2.27. The summed E-state index contributed by atoms with van der Waals surface area (Å²) in [5, 5.41) is 17.0. The van der Waals surface area contributed by atoms with Crippen molar-refractivity contribution in [3.8, 4) is 6.07 Å². The number of rotatable bonds is 1. The Morgan fingerprint density at radius 3 is 2.88 bits per heavy atom. The number of halogens is 1. The van der Waals surface area contributed by atoms with Crippen molar-refractivity contribution < 1.29 is 0 Å². The number of nitriles is 1. The normalized spacial score (nSPS) is 16.0. The molecular formula is C12H12BrN3. The van der Waals surface area contributed by atoms with Crippen LogP contribution in [0.2, 0.25) is 0 Å². The van der Waals surface area contributed by atoms with E-state index in [-0.39, 0.29) is 0 Å². The average Bonchev–Trinajstić information content (AvgIpc) is 2.29. The molecule has 0 bridgehead atoms. The first-order valence-corrected chi connectivity index (χ1v) is 6.06. The molecule has 0 amide bonds. The van der Waals surface area contributed by atoms with E-state index in [4.69, 9.17) is 10.7 Å². The predicted octanol–water partition coefficient (Wildman–Crippen LogP) is 3.29. The fraction of sp³-hybridized carbons (Fsp3) is 0.333. The second-order valence-electron chi connectivity index (χ2n) is 3.83. The second-order valence-corrected chi connectivity index (χ2v) is 4.74. The van der Waals surface area contributed by atoms with Gasteiger partial charge in [-0.1, -0.05) is 15.9 Å². The van der Waals surface area contributed by atoms with Crippen LogP contribution in [0, 0.1) is 16.7 Å². The molecule has 0 unspecified atom stereocenters. The summed E-state index contributed by atoms with van der Waals surface area (Å²) < 4.78 is 0.944. The second kappa shape index (κ2) is 4.67. The van der Waals surface area contributed by atoms with Crippen molar-refractivity contribution in [2.24, 2.45) is 0 Å². The highest BCUT2D eigenvalue weighted by atomic mass is 79.9. The van der Waals surface area contributed by atoms with Crippen LogP contribution >= 0.6 is 15.9 Å². The summed E-state index contributed by atoms with van der Waals surface area (Å²) in [4.78, 5) is 1.94. The molecule has 1 aliphatic rings. The molecule has 0 aromatic heterocycles. The Morgan fingerprint density at radius 2 is 2.19 bits per heavy atom. The van der Waals surface area contributed by atoms with E-state index in [2.05, 4.69) is 22.0 Å². The van der Waals surface area contributed by atoms with Gasteiger partial charge in [-0.05, 0) is 31.0 Å². The highest BCUT2D eigenvalue weighted by molar-refractivity contribution is 9.10. The van der Waals surface area contributed by atoms with Crippen LogP contribution in [0.5, 0.6) is 0 Å². The van der Waals surface area contributed by atoms with Crippen LogP contribution in [-0.2, 0) is 0 Å². The Balaban J connectivity index is 2.42. The SMILES string of the molecule is N#Cc1ccc(Br)cc1N1CCCCC1=N. The molecule has 3 nitrogen and oxygen atoms in total. The van der Waals surface area contributed by atoms with E-state index in [9.17, 15) is 0 Å². The lowest BCUT2D eigenvalue weighted by Gasteiger charge is -2.30. The van der Waals surface area contributed by atoms with Crippen molar-refractivity contribution in [2.75, 3.05) is 11.4 Å². The Bertz CT molecular complexity index is 462. The molecule has 1 fully saturated rings. The maximum absolute atomic E-state index is 9.06.